The van der Waals surface area contributed by atoms with E-state index in [0.29, 0.717) is 16.3 Å². The molecule has 0 bridgehead atoms. The number of carbonyl (C=O) groups is 1. The fourth-order valence-electron chi connectivity index (χ4n) is 1.53. The molecule has 0 aliphatic carbocycles. The van der Waals surface area contributed by atoms with Crippen molar-refractivity contribution in [1.29, 1.82) is 0 Å². The monoisotopic (exact) mass is 381 g/mol. The lowest BCUT2D eigenvalue weighted by molar-refractivity contribution is 0.102. The minimum atomic E-state index is -0.215. The number of hydrogen-bond acceptors (Lipinski definition) is 1. The Kier molecular flexibility index (Phi) is 4.46. The van der Waals surface area contributed by atoms with Crippen molar-refractivity contribution in [2.24, 2.45) is 0 Å². The van der Waals surface area contributed by atoms with Crippen molar-refractivity contribution < 1.29 is 4.79 Å². The Morgan fingerprint density at radius 1 is 1.26 bits per heavy atom. The molecule has 0 radical (unpaired) electrons. The van der Waals surface area contributed by atoms with E-state index in [1.807, 2.05) is 0 Å². The first-order valence-corrected chi connectivity index (χ1v) is 6.89. The van der Waals surface area contributed by atoms with Crippen molar-refractivity contribution in [3.8, 4) is 12.3 Å². The summed E-state index contributed by atoms with van der Waals surface area (Å²) in [6.07, 6.45) is 5.32. The molecule has 0 unspecified atom stereocenters. The van der Waals surface area contributed by atoms with Gasteiger partial charge in [-0.05, 0) is 59.0 Å². The molecule has 0 heterocycles. The first kappa shape index (κ1) is 13.9. The van der Waals surface area contributed by atoms with E-state index in [9.17, 15) is 4.79 Å². The van der Waals surface area contributed by atoms with E-state index >= 15 is 0 Å². The summed E-state index contributed by atoms with van der Waals surface area (Å²) in [5.41, 5.74) is 1.89. The number of carbonyl (C=O) groups excluding carboxylic acids is 1. The van der Waals surface area contributed by atoms with Crippen LogP contribution in [0.5, 0.6) is 0 Å². The third kappa shape index (κ3) is 3.49. The van der Waals surface area contributed by atoms with Crippen LogP contribution < -0.4 is 5.32 Å². The summed E-state index contributed by atoms with van der Waals surface area (Å²) in [6.45, 7) is 0. The topological polar surface area (TPSA) is 29.1 Å². The molecule has 19 heavy (non-hydrogen) atoms. The molecule has 2 rings (SSSR count). The molecule has 4 heteroatoms. The second kappa shape index (κ2) is 6.09. The van der Waals surface area contributed by atoms with E-state index in [1.165, 1.54) is 0 Å². The minimum Gasteiger partial charge on any atom is -0.322 e. The van der Waals surface area contributed by atoms with Crippen molar-refractivity contribution in [2.75, 3.05) is 5.32 Å². The van der Waals surface area contributed by atoms with Gasteiger partial charge in [0.25, 0.3) is 5.91 Å². The number of hydrogen-bond donors (Lipinski definition) is 1. The van der Waals surface area contributed by atoms with Crippen LogP contribution in [-0.2, 0) is 0 Å². The number of amides is 1. The number of halogens is 2. The quantitative estimate of drug-likeness (QED) is 0.614. The molecule has 2 aromatic carbocycles. The van der Waals surface area contributed by atoms with E-state index in [2.05, 4.69) is 33.8 Å². The third-order valence-corrected chi connectivity index (χ3v) is 4.04. The maximum atomic E-state index is 12.1. The SMILES string of the molecule is C#Cc1cccc(NC(=O)c2ccc(I)c(Cl)c2)c1. The van der Waals surface area contributed by atoms with Gasteiger partial charge in [0.2, 0.25) is 0 Å². The van der Waals surface area contributed by atoms with Crippen LogP contribution in [0.1, 0.15) is 15.9 Å². The van der Waals surface area contributed by atoms with Gasteiger partial charge < -0.3 is 5.32 Å². The van der Waals surface area contributed by atoms with Gasteiger partial charge in [-0.2, -0.15) is 0 Å². The van der Waals surface area contributed by atoms with Crippen molar-refractivity contribution in [2.45, 2.75) is 0 Å². The van der Waals surface area contributed by atoms with E-state index in [0.717, 1.165) is 9.13 Å². The molecule has 0 aliphatic heterocycles. The summed E-state index contributed by atoms with van der Waals surface area (Å²) in [4.78, 5) is 12.1. The molecule has 2 nitrogen and oxygen atoms in total. The second-order valence-electron chi connectivity index (χ2n) is 3.81. The van der Waals surface area contributed by atoms with E-state index in [1.54, 1.807) is 42.5 Å². The average molecular weight is 382 g/mol. The van der Waals surface area contributed by atoms with Gasteiger partial charge in [0.1, 0.15) is 0 Å². The normalized spacial score (nSPS) is 9.74. The summed E-state index contributed by atoms with van der Waals surface area (Å²) < 4.78 is 0.908. The third-order valence-electron chi connectivity index (χ3n) is 2.47. The predicted octanol–water partition coefficient (Wildman–Crippen LogP) is 4.18. The summed E-state index contributed by atoms with van der Waals surface area (Å²) >= 11 is 8.11. The fourth-order valence-corrected chi connectivity index (χ4v) is 2.04. The summed E-state index contributed by atoms with van der Waals surface area (Å²) in [6, 6.07) is 12.3. The first-order valence-electron chi connectivity index (χ1n) is 5.43. The molecule has 0 spiro atoms. The predicted molar refractivity (Wildman–Crippen MR) is 86.5 cm³/mol. The van der Waals surface area contributed by atoms with E-state index in [4.69, 9.17) is 18.0 Å². The summed E-state index contributed by atoms with van der Waals surface area (Å²) in [5.74, 6) is 2.31. The Morgan fingerprint density at radius 2 is 2.05 bits per heavy atom. The van der Waals surface area contributed by atoms with Crippen molar-refractivity contribution in [3.63, 3.8) is 0 Å². The van der Waals surface area contributed by atoms with Crippen LogP contribution in [0.3, 0.4) is 0 Å². The molecule has 0 aromatic heterocycles. The van der Waals surface area contributed by atoms with Gasteiger partial charge >= 0.3 is 0 Å². The van der Waals surface area contributed by atoms with Crippen molar-refractivity contribution in [3.05, 3.63) is 62.2 Å². The zero-order valence-corrected chi connectivity index (χ0v) is 12.7. The maximum Gasteiger partial charge on any atom is 0.255 e. The Labute approximate surface area is 130 Å². The van der Waals surface area contributed by atoms with E-state index in [-0.39, 0.29) is 5.91 Å². The fraction of sp³-hybridized carbons (Fsp3) is 0. The van der Waals surface area contributed by atoms with Gasteiger partial charge in [-0.15, -0.1) is 6.42 Å². The Morgan fingerprint density at radius 3 is 2.74 bits per heavy atom. The molecule has 0 fully saturated rings. The number of anilines is 1. The minimum absolute atomic E-state index is 0.215. The van der Waals surface area contributed by atoms with Crippen LogP contribution in [0.15, 0.2) is 42.5 Å². The van der Waals surface area contributed by atoms with E-state index < -0.39 is 0 Å². The van der Waals surface area contributed by atoms with Crippen LogP contribution in [0, 0.1) is 15.9 Å². The number of terminal acetylenes is 1. The maximum absolute atomic E-state index is 12.1. The van der Waals surface area contributed by atoms with Gasteiger partial charge in [0.15, 0.2) is 0 Å². The molecule has 0 saturated carbocycles. The van der Waals surface area contributed by atoms with Gasteiger partial charge in [-0.1, -0.05) is 23.6 Å². The van der Waals surface area contributed by atoms with Crippen LogP contribution >= 0.6 is 34.2 Å². The Hall–Kier alpha value is -1.51. The Balaban J connectivity index is 2.21. The molecule has 0 aliphatic rings. The van der Waals surface area contributed by atoms with Gasteiger partial charge in [0, 0.05) is 20.4 Å². The molecule has 94 valence electrons. The molecule has 2 aromatic rings. The molecular formula is C15H9ClINO. The highest BCUT2D eigenvalue weighted by atomic mass is 127. The van der Waals surface area contributed by atoms with Crippen molar-refractivity contribution >= 4 is 45.8 Å². The molecule has 1 N–H and O–H groups in total. The van der Waals surface area contributed by atoms with Crippen LogP contribution in [0.2, 0.25) is 5.02 Å². The first-order chi connectivity index (χ1) is 9.10. The molecular weight excluding hydrogens is 373 g/mol. The average Bonchev–Trinajstić information content (AvgIpc) is 2.42. The molecule has 1 amide bonds. The smallest absolute Gasteiger partial charge is 0.255 e. The largest absolute Gasteiger partial charge is 0.322 e. The molecule has 0 atom stereocenters. The highest BCUT2D eigenvalue weighted by Gasteiger charge is 2.08. The zero-order valence-electron chi connectivity index (χ0n) is 9.78. The molecule has 0 saturated heterocycles. The number of benzene rings is 2. The number of nitrogens with one attached hydrogen (secondary N) is 1. The van der Waals surface area contributed by atoms with Crippen LogP contribution in [0.25, 0.3) is 0 Å². The van der Waals surface area contributed by atoms with Gasteiger partial charge in [-0.25, -0.2) is 0 Å². The van der Waals surface area contributed by atoms with Gasteiger partial charge in [0.05, 0.1) is 5.02 Å². The second-order valence-corrected chi connectivity index (χ2v) is 5.38. The van der Waals surface area contributed by atoms with Gasteiger partial charge in [-0.3, -0.25) is 4.79 Å². The highest BCUT2D eigenvalue weighted by molar-refractivity contribution is 14.1. The lowest BCUT2D eigenvalue weighted by atomic mass is 10.2. The standard InChI is InChI=1S/C15H9ClINO/c1-2-10-4-3-5-12(8-10)18-15(19)11-6-7-14(17)13(16)9-11/h1,3-9H,(H,18,19). The number of rotatable bonds is 2. The lowest BCUT2D eigenvalue weighted by Gasteiger charge is -2.06. The van der Waals surface area contributed by atoms with Crippen LogP contribution in [0.4, 0.5) is 5.69 Å². The zero-order chi connectivity index (χ0) is 13.8. The lowest BCUT2D eigenvalue weighted by Crippen LogP contribution is -2.12. The van der Waals surface area contributed by atoms with Crippen molar-refractivity contribution in [1.82, 2.24) is 0 Å². The highest BCUT2D eigenvalue weighted by Crippen LogP contribution is 2.20. The van der Waals surface area contributed by atoms with Crippen LogP contribution in [-0.4, -0.2) is 5.91 Å². The Bertz CT molecular complexity index is 676. The summed E-state index contributed by atoms with van der Waals surface area (Å²) in [7, 11) is 0. The summed E-state index contributed by atoms with van der Waals surface area (Å²) in [5, 5.41) is 3.34.